The van der Waals surface area contributed by atoms with Crippen LogP contribution in [0.5, 0.6) is 0 Å². The Morgan fingerprint density at radius 3 is 2.88 bits per heavy atom. The van der Waals surface area contributed by atoms with Crippen LogP contribution in [0.2, 0.25) is 5.02 Å². The highest BCUT2D eigenvalue weighted by molar-refractivity contribution is 9.10. The molecule has 0 spiro atoms. The fourth-order valence-electron chi connectivity index (χ4n) is 1.46. The van der Waals surface area contributed by atoms with Crippen LogP contribution in [0.15, 0.2) is 22.8 Å². The van der Waals surface area contributed by atoms with Crippen LogP contribution < -0.4 is 5.32 Å². The van der Waals surface area contributed by atoms with Crippen molar-refractivity contribution in [1.82, 2.24) is 9.97 Å². The molecule has 3 nitrogen and oxygen atoms in total. The normalized spacial score (nSPS) is 10.6. The Kier molecular flexibility index (Phi) is 3.69. The van der Waals surface area contributed by atoms with Crippen molar-refractivity contribution >= 4 is 33.2 Å². The molecule has 2 aromatic rings. The minimum atomic E-state index is -0.371. The number of rotatable bonds is 3. The second-order valence-corrected chi connectivity index (χ2v) is 4.85. The van der Waals surface area contributed by atoms with Crippen molar-refractivity contribution < 1.29 is 4.39 Å². The molecule has 6 heteroatoms. The maximum Gasteiger partial charge on any atom is 0.125 e. The van der Waals surface area contributed by atoms with Gasteiger partial charge in [-0.2, -0.15) is 0 Å². The molecule has 0 unspecified atom stereocenters. The molecule has 0 radical (unpaired) electrons. The third-order valence-electron chi connectivity index (χ3n) is 2.22. The highest BCUT2D eigenvalue weighted by atomic mass is 79.9. The number of nitrogens with zero attached hydrogens (tertiary/aromatic N) is 1. The van der Waals surface area contributed by atoms with Gasteiger partial charge in [0.25, 0.3) is 0 Å². The lowest BCUT2D eigenvalue weighted by Crippen LogP contribution is -2.01. The van der Waals surface area contributed by atoms with E-state index in [9.17, 15) is 4.39 Å². The Bertz CT molecular complexity index is 518. The van der Waals surface area contributed by atoms with Gasteiger partial charge in [-0.15, -0.1) is 0 Å². The van der Waals surface area contributed by atoms with E-state index >= 15 is 0 Å². The van der Waals surface area contributed by atoms with Crippen LogP contribution in [0.3, 0.4) is 0 Å². The minimum absolute atomic E-state index is 0.341. The fourth-order valence-corrected chi connectivity index (χ4v) is 2.42. The highest BCUT2D eigenvalue weighted by Crippen LogP contribution is 2.31. The summed E-state index contributed by atoms with van der Waals surface area (Å²) >= 11 is 9.21. The summed E-state index contributed by atoms with van der Waals surface area (Å²) in [5, 5.41) is 3.46. The molecule has 0 aliphatic carbocycles. The van der Waals surface area contributed by atoms with Gasteiger partial charge in [0.1, 0.15) is 11.6 Å². The zero-order valence-corrected chi connectivity index (χ0v) is 11.4. The van der Waals surface area contributed by atoms with Crippen molar-refractivity contribution in [2.75, 3.05) is 5.32 Å². The van der Waals surface area contributed by atoms with Gasteiger partial charge in [0.05, 0.1) is 29.1 Å². The zero-order valence-electron chi connectivity index (χ0n) is 9.02. The summed E-state index contributed by atoms with van der Waals surface area (Å²) < 4.78 is 13.6. The first-order valence-electron chi connectivity index (χ1n) is 4.95. The Labute approximate surface area is 112 Å². The number of aryl methyl sites for hydroxylation is 1. The van der Waals surface area contributed by atoms with Crippen molar-refractivity contribution in [3.8, 4) is 0 Å². The number of imidazole rings is 1. The molecule has 1 heterocycles. The minimum Gasteiger partial charge on any atom is -0.377 e. The second-order valence-electron chi connectivity index (χ2n) is 3.59. The number of hydrogen-bond acceptors (Lipinski definition) is 2. The number of halogens is 3. The van der Waals surface area contributed by atoms with Gasteiger partial charge in [0.2, 0.25) is 0 Å². The van der Waals surface area contributed by atoms with Crippen LogP contribution >= 0.6 is 27.5 Å². The van der Waals surface area contributed by atoms with Gasteiger partial charge >= 0.3 is 0 Å². The smallest absolute Gasteiger partial charge is 0.125 e. The first kappa shape index (κ1) is 12.4. The van der Waals surface area contributed by atoms with E-state index in [4.69, 9.17) is 11.6 Å². The molecule has 0 saturated carbocycles. The first-order valence-corrected chi connectivity index (χ1v) is 6.12. The Balaban J connectivity index is 2.14. The molecule has 90 valence electrons. The zero-order chi connectivity index (χ0) is 12.4. The molecule has 2 N–H and O–H groups in total. The molecule has 2 rings (SSSR count). The highest BCUT2D eigenvalue weighted by Gasteiger charge is 2.08. The van der Waals surface area contributed by atoms with E-state index in [-0.39, 0.29) is 5.82 Å². The van der Waals surface area contributed by atoms with E-state index in [1.165, 1.54) is 12.1 Å². The summed E-state index contributed by atoms with van der Waals surface area (Å²) in [6.45, 7) is 2.43. The third kappa shape index (κ3) is 2.98. The van der Waals surface area contributed by atoms with Crippen molar-refractivity contribution in [3.63, 3.8) is 0 Å². The Morgan fingerprint density at radius 2 is 2.29 bits per heavy atom. The number of aromatic amines is 1. The topological polar surface area (TPSA) is 40.7 Å². The maximum atomic E-state index is 13.0. The van der Waals surface area contributed by atoms with Crippen LogP contribution in [-0.2, 0) is 6.54 Å². The first-order chi connectivity index (χ1) is 8.06. The molecule has 1 aromatic carbocycles. The van der Waals surface area contributed by atoms with E-state index in [0.717, 1.165) is 11.5 Å². The predicted molar refractivity (Wildman–Crippen MR) is 69.8 cm³/mol. The number of aromatic nitrogens is 2. The molecular weight excluding hydrogens is 308 g/mol. The molecule has 0 amide bonds. The molecule has 1 aromatic heterocycles. The molecular formula is C11H10BrClFN3. The monoisotopic (exact) mass is 317 g/mol. The summed E-state index contributed by atoms with van der Waals surface area (Å²) in [6, 6.07) is 2.64. The van der Waals surface area contributed by atoms with E-state index in [1.807, 2.05) is 6.92 Å². The molecule has 0 fully saturated rings. The standard InChI is InChI=1S/C11H10BrClFN3/c1-6-15-4-8(17-6)5-16-11-9(12)2-7(14)3-10(11)13/h2-4,16H,5H2,1H3,(H,15,17). The fraction of sp³-hybridized carbons (Fsp3) is 0.182. The molecule has 0 bridgehead atoms. The molecule has 0 atom stereocenters. The SMILES string of the molecule is Cc1ncc(CNc2c(Cl)cc(F)cc2Br)[nH]1. The van der Waals surface area contributed by atoms with Crippen molar-refractivity contribution in [2.45, 2.75) is 13.5 Å². The average Bonchev–Trinajstić information content (AvgIpc) is 2.62. The number of hydrogen-bond donors (Lipinski definition) is 2. The van der Waals surface area contributed by atoms with E-state index in [0.29, 0.717) is 21.7 Å². The van der Waals surface area contributed by atoms with Crippen LogP contribution in [0.25, 0.3) is 0 Å². The number of anilines is 1. The molecule has 0 aliphatic heterocycles. The average molecular weight is 319 g/mol. The summed E-state index contributed by atoms with van der Waals surface area (Å²) in [6.07, 6.45) is 1.74. The van der Waals surface area contributed by atoms with Gasteiger partial charge < -0.3 is 10.3 Å². The van der Waals surface area contributed by atoms with Crippen molar-refractivity contribution in [1.29, 1.82) is 0 Å². The lowest BCUT2D eigenvalue weighted by atomic mass is 10.3. The lowest BCUT2D eigenvalue weighted by Gasteiger charge is -2.09. The number of benzene rings is 1. The van der Waals surface area contributed by atoms with E-state index in [1.54, 1.807) is 6.20 Å². The Hall–Kier alpha value is -1.07. The molecule has 0 aliphatic rings. The van der Waals surface area contributed by atoms with Crippen LogP contribution in [-0.4, -0.2) is 9.97 Å². The van der Waals surface area contributed by atoms with Gasteiger partial charge in [-0.25, -0.2) is 9.37 Å². The summed E-state index contributed by atoms with van der Waals surface area (Å²) in [5.41, 5.74) is 1.61. The van der Waals surface area contributed by atoms with E-state index < -0.39 is 0 Å². The lowest BCUT2D eigenvalue weighted by molar-refractivity contribution is 0.627. The number of H-pyrrole nitrogens is 1. The number of nitrogens with one attached hydrogen (secondary N) is 2. The molecule has 17 heavy (non-hydrogen) atoms. The quantitative estimate of drug-likeness (QED) is 0.901. The van der Waals surface area contributed by atoms with Gasteiger partial charge in [-0.05, 0) is 35.0 Å². The van der Waals surface area contributed by atoms with Gasteiger partial charge in [-0.1, -0.05) is 11.6 Å². The van der Waals surface area contributed by atoms with Gasteiger partial charge in [-0.3, -0.25) is 0 Å². The van der Waals surface area contributed by atoms with Crippen LogP contribution in [0.1, 0.15) is 11.5 Å². The van der Waals surface area contributed by atoms with Crippen molar-refractivity contribution in [2.24, 2.45) is 0 Å². The Morgan fingerprint density at radius 1 is 1.53 bits per heavy atom. The van der Waals surface area contributed by atoms with Crippen molar-refractivity contribution in [3.05, 3.63) is 45.2 Å². The summed E-state index contributed by atoms with van der Waals surface area (Å²) in [5.74, 6) is 0.482. The summed E-state index contributed by atoms with van der Waals surface area (Å²) in [4.78, 5) is 7.18. The maximum absolute atomic E-state index is 13.0. The second kappa shape index (κ2) is 5.06. The van der Waals surface area contributed by atoms with Crippen LogP contribution in [0, 0.1) is 12.7 Å². The van der Waals surface area contributed by atoms with Gasteiger partial charge in [0, 0.05) is 4.47 Å². The van der Waals surface area contributed by atoms with Crippen LogP contribution in [0.4, 0.5) is 10.1 Å². The largest absolute Gasteiger partial charge is 0.377 e. The van der Waals surface area contributed by atoms with Gasteiger partial charge in [0.15, 0.2) is 0 Å². The predicted octanol–water partition coefficient (Wildman–Crippen LogP) is 3.89. The molecule has 0 saturated heterocycles. The van der Waals surface area contributed by atoms with E-state index in [2.05, 4.69) is 31.2 Å². The third-order valence-corrected chi connectivity index (χ3v) is 3.14. The summed E-state index contributed by atoms with van der Waals surface area (Å²) in [7, 11) is 0.